The number of carbonyl (C=O) groups is 2. The summed E-state index contributed by atoms with van der Waals surface area (Å²) in [5.41, 5.74) is 2.94. The van der Waals surface area contributed by atoms with E-state index in [1.165, 1.54) is 30.9 Å². The predicted molar refractivity (Wildman–Crippen MR) is 135 cm³/mol. The molecule has 1 unspecified atom stereocenters. The number of esters is 2. The van der Waals surface area contributed by atoms with Crippen LogP contribution in [0.15, 0.2) is 77.1 Å². The minimum absolute atomic E-state index is 0.139. The average Bonchev–Trinajstić information content (AvgIpc) is 2.86. The summed E-state index contributed by atoms with van der Waals surface area (Å²) in [6.07, 6.45) is 0.620. The van der Waals surface area contributed by atoms with E-state index in [4.69, 9.17) is 9.47 Å². The van der Waals surface area contributed by atoms with Crippen LogP contribution >= 0.6 is 0 Å². The molecule has 0 saturated heterocycles. The number of nitro benzene ring substituents is 1. The molecule has 2 aromatic carbocycles. The van der Waals surface area contributed by atoms with E-state index in [1.807, 2.05) is 25.2 Å². The fraction of sp³-hybridized carbons (Fsp3) is 0.333. The van der Waals surface area contributed by atoms with Crippen molar-refractivity contribution in [1.82, 2.24) is 10.2 Å². The van der Waals surface area contributed by atoms with Gasteiger partial charge in [0.05, 0.1) is 35.7 Å². The molecule has 0 bridgehead atoms. The molecule has 1 heterocycles. The predicted octanol–water partition coefficient (Wildman–Crippen LogP) is 4.07. The molecule has 0 amide bonds. The van der Waals surface area contributed by atoms with Gasteiger partial charge in [-0.2, -0.15) is 0 Å². The lowest BCUT2D eigenvalue weighted by Gasteiger charge is -2.30. The number of benzene rings is 2. The Labute approximate surface area is 210 Å². The number of hydrogen-bond donors (Lipinski definition) is 1. The number of nitrogens with one attached hydrogen (secondary N) is 1. The number of rotatable bonds is 10. The van der Waals surface area contributed by atoms with E-state index in [0.29, 0.717) is 23.4 Å². The number of methoxy groups -OCH3 is 1. The van der Waals surface area contributed by atoms with Crippen molar-refractivity contribution < 1.29 is 24.0 Å². The van der Waals surface area contributed by atoms with E-state index in [2.05, 4.69) is 22.3 Å². The SMILES string of the molecule is COC(=O)C1=C(C)NC(C)=C(C(=O)OCCCN(C)Cc2ccccc2)C1c1cccc([N+](=O)[O-])c1. The summed E-state index contributed by atoms with van der Waals surface area (Å²) in [7, 11) is 3.25. The number of hydrogen-bond acceptors (Lipinski definition) is 8. The molecule has 9 heteroatoms. The highest BCUT2D eigenvalue weighted by atomic mass is 16.6. The lowest BCUT2D eigenvalue weighted by Crippen LogP contribution is -2.32. The monoisotopic (exact) mass is 493 g/mol. The molecule has 1 N–H and O–H groups in total. The number of non-ortho nitro benzene ring substituents is 1. The summed E-state index contributed by atoms with van der Waals surface area (Å²) in [4.78, 5) is 39.0. The van der Waals surface area contributed by atoms with Crippen molar-refractivity contribution in [3.63, 3.8) is 0 Å². The largest absolute Gasteiger partial charge is 0.466 e. The van der Waals surface area contributed by atoms with Crippen molar-refractivity contribution >= 4 is 17.6 Å². The summed E-state index contributed by atoms with van der Waals surface area (Å²) < 4.78 is 10.6. The van der Waals surface area contributed by atoms with Gasteiger partial charge in [0, 0.05) is 36.6 Å². The Kier molecular flexibility index (Phi) is 8.97. The van der Waals surface area contributed by atoms with Gasteiger partial charge in [-0.1, -0.05) is 42.5 Å². The van der Waals surface area contributed by atoms with Gasteiger partial charge in [-0.25, -0.2) is 9.59 Å². The second-order valence-electron chi connectivity index (χ2n) is 8.69. The van der Waals surface area contributed by atoms with Crippen LogP contribution in [0.4, 0.5) is 5.69 Å². The highest BCUT2D eigenvalue weighted by Gasteiger charge is 2.38. The van der Waals surface area contributed by atoms with Gasteiger partial charge in [-0.15, -0.1) is 0 Å². The second kappa shape index (κ2) is 12.1. The van der Waals surface area contributed by atoms with Gasteiger partial charge in [0.2, 0.25) is 0 Å². The highest BCUT2D eigenvalue weighted by molar-refractivity contribution is 5.99. The van der Waals surface area contributed by atoms with Gasteiger partial charge in [0.1, 0.15) is 0 Å². The summed E-state index contributed by atoms with van der Waals surface area (Å²) in [6.45, 7) is 5.10. The zero-order valence-corrected chi connectivity index (χ0v) is 20.9. The molecule has 3 rings (SSSR count). The number of allylic oxidation sites excluding steroid dienone is 2. The molecule has 9 nitrogen and oxygen atoms in total. The first-order valence-corrected chi connectivity index (χ1v) is 11.6. The maximum atomic E-state index is 13.3. The highest BCUT2D eigenvalue weighted by Crippen LogP contribution is 2.40. The van der Waals surface area contributed by atoms with E-state index >= 15 is 0 Å². The molecule has 190 valence electrons. The summed E-state index contributed by atoms with van der Waals surface area (Å²) in [5.74, 6) is -2.08. The zero-order valence-electron chi connectivity index (χ0n) is 20.9. The number of nitro groups is 1. The third kappa shape index (κ3) is 6.37. The van der Waals surface area contributed by atoms with Gasteiger partial charge in [-0.3, -0.25) is 10.1 Å². The fourth-order valence-corrected chi connectivity index (χ4v) is 4.35. The number of carbonyl (C=O) groups excluding carboxylic acids is 2. The minimum atomic E-state index is -0.869. The van der Waals surface area contributed by atoms with Crippen LogP contribution in [0.25, 0.3) is 0 Å². The van der Waals surface area contributed by atoms with Crippen LogP contribution in [0.2, 0.25) is 0 Å². The van der Waals surface area contributed by atoms with Gasteiger partial charge >= 0.3 is 11.9 Å². The number of dihydropyridines is 1. The van der Waals surface area contributed by atoms with Crippen LogP contribution in [-0.2, 0) is 25.6 Å². The molecular weight excluding hydrogens is 462 g/mol. The third-order valence-corrected chi connectivity index (χ3v) is 6.01. The standard InChI is InChI=1S/C27H31N3O6/c1-18-23(26(31)35-4)25(21-12-8-13-22(16-21)30(33)34)24(19(2)28-18)27(32)36-15-9-14-29(3)17-20-10-6-5-7-11-20/h5-8,10-13,16,25,28H,9,14-15,17H2,1-4H3. The van der Waals surface area contributed by atoms with Crippen molar-refractivity contribution in [3.05, 3.63) is 98.4 Å². The van der Waals surface area contributed by atoms with E-state index in [-0.39, 0.29) is 23.4 Å². The molecule has 1 aliphatic rings. The average molecular weight is 494 g/mol. The zero-order chi connectivity index (χ0) is 26.2. The minimum Gasteiger partial charge on any atom is -0.466 e. The summed E-state index contributed by atoms with van der Waals surface area (Å²) in [6, 6.07) is 16.0. The van der Waals surface area contributed by atoms with E-state index in [9.17, 15) is 19.7 Å². The molecule has 1 aliphatic heterocycles. The Balaban J connectivity index is 1.77. The van der Waals surface area contributed by atoms with Crippen LogP contribution in [0.5, 0.6) is 0 Å². The van der Waals surface area contributed by atoms with Gasteiger partial charge < -0.3 is 19.7 Å². The Morgan fingerprint density at radius 3 is 2.33 bits per heavy atom. The smallest absolute Gasteiger partial charge is 0.336 e. The Bertz CT molecular complexity index is 1190. The molecule has 0 radical (unpaired) electrons. The quantitative estimate of drug-likeness (QED) is 0.228. The fourth-order valence-electron chi connectivity index (χ4n) is 4.35. The topological polar surface area (TPSA) is 111 Å². The Morgan fingerprint density at radius 2 is 1.69 bits per heavy atom. The van der Waals surface area contributed by atoms with Gasteiger partial charge in [0.25, 0.3) is 5.69 Å². The van der Waals surface area contributed by atoms with Crippen LogP contribution < -0.4 is 5.32 Å². The molecule has 1 atom stereocenters. The number of nitrogens with zero attached hydrogens (tertiary/aromatic N) is 2. The molecule has 0 spiro atoms. The first kappa shape index (κ1) is 26.6. The Hall–Kier alpha value is -3.98. The van der Waals surface area contributed by atoms with Crippen LogP contribution in [0, 0.1) is 10.1 Å². The molecule has 0 aliphatic carbocycles. The van der Waals surface area contributed by atoms with Crippen LogP contribution in [0.3, 0.4) is 0 Å². The first-order chi connectivity index (χ1) is 17.2. The van der Waals surface area contributed by atoms with Crippen molar-refractivity contribution in [1.29, 1.82) is 0 Å². The molecular formula is C27H31N3O6. The van der Waals surface area contributed by atoms with Crippen molar-refractivity contribution in [2.75, 3.05) is 27.3 Å². The second-order valence-corrected chi connectivity index (χ2v) is 8.69. The van der Waals surface area contributed by atoms with Crippen molar-refractivity contribution in [2.45, 2.75) is 32.7 Å². The third-order valence-electron chi connectivity index (χ3n) is 6.01. The Morgan fingerprint density at radius 1 is 1.03 bits per heavy atom. The molecule has 0 aromatic heterocycles. The number of ether oxygens (including phenoxy) is 2. The lowest BCUT2D eigenvalue weighted by molar-refractivity contribution is -0.384. The van der Waals surface area contributed by atoms with Crippen molar-refractivity contribution in [3.8, 4) is 0 Å². The molecule has 36 heavy (non-hydrogen) atoms. The van der Waals surface area contributed by atoms with Crippen LogP contribution in [0.1, 0.15) is 37.3 Å². The van der Waals surface area contributed by atoms with Crippen molar-refractivity contribution in [2.24, 2.45) is 0 Å². The lowest BCUT2D eigenvalue weighted by atomic mass is 9.80. The van der Waals surface area contributed by atoms with Gasteiger partial charge in [0.15, 0.2) is 0 Å². The maximum absolute atomic E-state index is 13.3. The normalized spacial score (nSPS) is 15.5. The van der Waals surface area contributed by atoms with E-state index in [0.717, 1.165) is 13.1 Å². The van der Waals surface area contributed by atoms with E-state index in [1.54, 1.807) is 19.9 Å². The molecule has 0 fully saturated rings. The van der Waals surface area contributed by atoms with Gasteiger partial charge in [-0.05, 0) is 38.4 Å². The maximum Gasteiger partial charge on any atom is 0.336 e. The molecule has 0 saturated carbocycles. The van der Waals surface area contributed by atoms with Crippen LogP contribution in [-0.4, -0.2) is 49.1 Å². The first-order valence-electron chi connectivity index (χ1n) is 11.6. The summed E-state index contributed by atoms with van der Waals surface area (Å²) >= 11 is 0. The van der Waals surface area contributed by atoms with E-state index < -0.39 is 22.8 Å². The molecule has 2 aromatic rings. The summed E-state index contributed by atoms with van der Waals surface area (Å²) in [5, 5.41) is 14.4.